The molecule has 0 spiro atoms. The first-order chi connectivity index (χ1) is 8.69. The summed E-state index contributed by atoms with van der Waals surface area (Å²) in [6.45, 7) is 0. The molecule has 0 atom stereocenters. The van der Waals surface area contributed by atoms with Crippen LogP contribution in [0.4, 0.5) is 5.69 Å². The third-order valence-electron chi connectivity index (χ3n) is 2.29. The van der Waals surface area contributed by atoms with Crippen molar-refractivity contribution < 1.29 is 4.79 Å². The normalized spacial score (nSPS) is 10.1. The number of halogens is 1. The minimum atomic E-state index is -0.165. The van der Waals surface area contributed by atoms with Crippen molar-refractivity contribution in [2.45, 2.75) is 4.90 Å². The number of amides is 1. The maximum absolute atomic E-state index is 12.0. The van der Waals surface area contributed by atoms with Gasteiger partial charge < -0.3 is 5.32 Å². The molecule has 0 fully saturated rings. The largest absolute Gasteiger partial charge is 0.322 e. The van der Waals surface area contributed by atoms with E-state index in [4.69, 9.17) is 0 Å². The second kappa shape index (κ2) is 6.02. The minimum Gasteiger partial charge on any atom is -0.322 e. The van der Waals surface area contributed by atoms with E-state index >= 15 is 0 Å². The molecule has 1 amide bonds. The molecule has 0 bridgehead atoms. The number of thioether (sulfide) groups is 1. The maximum atomic E-state index is 12.0. The summed E-state index contributed by atoms with van der Waals surface area (Å²) < 4.78 is 0.785. The fraction of sp³-hybridized carbons (Fsp3) is 0.0769. The first-order valence-corrected chi connectivity index (χ1v) is 7.27. The van der Waals surface area contributed by atoms with E-state index in [1.165, 1.54) is 0 Å². The molecule has 92 valence electrons. The number of nitrogens with zero attached hydrogens (tertiary/aromatic N) is 1. The van der Waals surface area contributed by atoms with Crippen LogP contribution in [0.5, 0.6) is 0 Å². The molecule has 0 unspecified atom stereocenters. The van der Waals surface area contributed by atoms with E-state index in [-0.39, 0.29) is 5.91 Å². The molecule has 0 aliphatic rings. The molecule has 2 aromatic rings. The first kappa shape index (κ1) is 13.1. The molecule has 0 radical (unpaired) electrons. The van der Waals surface area contributed by atoms with Gasteiger partial charge in [-0.05, 0) is 46.5 Å². The summed E-state index contributed by atoms with van der Waals surface area (Å²) in [5.41, 5.74) is 1.31. The number of carbonyl (C=O) groups is 1. The molecule has 2 rings (SSSR count). The Bertz CT molecular complexity index is 574. The molecule has 1 N–H and O–H groups in total. The van der Waals surface area contributed by atoms with Gasteiger partial charge in [-0.2, -0.15) is 0 Å². The van der Waals surface area contributed by atoms with Crippen molar-refractivity contribution in [3.63, 3.8) is 0 Å². The van der Waals surface area contributed by atoms with Crippen molar-refractivity contribution >= 4 is 39.3 Å². The first-order valence-electron chi connectivity index (χ1n) is 5.25. The average Bonchev–Trinajstić information content (AvgIpc) is 2.39. The van der Waals surface area contributed by atoms with Gasteiger partial charge in [0.25, 0.3) is 5.91 Å². The van der Waals surface area contributed by atoms with Gasteiger partial charge in [0.2, 0.25) is 0 Å². The quantitative estimate of drug-likeness (QED) is 0.873. The van der Waals surface area contributed by atoms with Crippen LogP contribution in [0, 0.1) is 0 Å². The van der Waals surface area contributed by atoms with Crippen LogP contribution in [0.1, 0.15) is 10.4 Å². The molecule has 0 aliphatic carbocycles. The smallest absolute Gasteiger partial charge is 0.257 e. The van der Waals surface area contributed by atoms with Gasteiger partial charge >= 0.3 is 0 Å². The van der Waals surface area contributed by atoms with E-state index in [1.54, 1.807) is 30.2 Å². The fourth-order valence-corrected chi connectivity index (χ4v) is 2.26. The van der Waals surface area contributed by atoms with E-state index in [9.17, 15) is 4.79 Å². The Morgan fingerprint density at radius 3 is 2.89 bits per heavy atom. The second-order valence-electron chi connectivity index (χ2n) is 3.58. The zero-order valence-corrected chi connectivity index (χ0v) is 12.1. The van der Waals surface area contributed by atoms with Crippen LogP contribution in [0.3, 0.4) is 0 Å². The van der Waals surface area contributed by atoms with Crippen LogP contribution >= 0.6 is 27.7 Å². The summed E-state index contributed by atoms with van der Waals surface area (Å²) in [6, 6.07) is 9.46. The highest BCUT2D eigenvalue weighted by Gasteiger charge is 2.07. The van der Waals surface area contributed by atoms with Crippen molar-refractivity contribution in [3.05, 3.63) is 52.8 Å². The third-order valence-corrected chi connectivity index (χ3v) is 3.45. The van der Waals surface area contributed by atoms with Crippen molar-refractivity contribution in [2.75, 3.05) is 11.6 Å². The number of rotatable bonds is 3. The molecular formula is C13H11BrN2OS. The van der Waals surface area contributed by atoms with E-state index in [0.29, 0.717) is 5.56 Å². The lowest BCUT2D eigenvalue weighted by atomic mass is 10.2. The predicted molar refractivity (Wildman–Crippen MR) is 78.1 cm³/mol. The molecule has 0 saturated carbocycles. The van der Waals surface area contributed by atoms with Gasteiger partial charge in [-0.1, -0.05) is 6.07 Å². The Morgan fingerprint density at radius 2 is 2.17 bits per heavy atom. The molecule has 1 aromatic carbocycles. The van der Waals surface area contributed by atoms with Gasteiger partial charge in [-0.15, -0.1) is 11.8 Å². The van der Waals surface area contributed by atoms with Gasteiger partial charge in [0.1, 0.15) is 0 Å². The number of benzene rings is 1. The van der Waals surface area contributed by atoms with Crippen molar-refractivity contribution in [3.8, 4) is 0 Å². The van der Waals surface area contributed by atoms with Crippen molar-refractivity contribution in [1.82, 2.24) is 4.98 Å². The van der Waals surface area contributed by atoms with Crippen molar-refractivity contribution in [1.29, 1.82) is 0 Å². The van der Waals surface area contributed by atoms with Crippen LogP contribution in [-0.2, 0) is 0 Å². The minimum absolute atomic E-state index is 0.165. The van der Waals surface area contributed by atoms with Gasteiger partial charge in [0.15, 0.2) is 0 Å². The van der Waals surface area contributed by atoms with E-state index in [1.807, 2.05) is 30.5 Å². The number of carbonyl (C=O) groups excluding carboxylic acids is 1. The van der Waals surface area contributed by atoms with Crippen LogP contribution < -0.4 is 5.32 Å². The van der Waals surface area contributed by atoms with E-state index in [2.05, 4.69) is 26.2 Å². The summed E-state index contributed by atoms with van der Waals surface area (Å²) in [5, 5.41) is 2.85. The number of nitrogens with one attached hydrogen (secondary N) is 1. The summed E-state index contributed by atoms with van der Waals surface area (Å²) in [4.78, 5) is 17.1. The number of pyridine rings is 1. The number of hydrogen-bond acceptors (Lipinski definition) is 3. The van der Waals surface area contributed by atoms with E-state index < -0.39 is 0 Å². The molecular weight excluding hydrogens is 312 g/mol. The Balaban J connectivity index is 2.16. The molecule has 1 heterocycles. The summed E-state index contributed by atoms with van der Waals surface area (Å²) in [5.74, 6) is -0.165. The topological polar surface area (TPSA) is 42.0 Å². The Kier molecular flexibility index (Phi) is 4.38. The van der Waals surface area contributed by atoms with Crippen LogP contribution in [-0.4, -0.2) is 17.1 Å². The highest BCUT2D eigenvalue weighted by molar-refractivity contribution is 9.10. The average molecular weight is 323 g/mol. The molecule has 5 heteroatoms. The lowest BCUT2D eigenvalue weighted by Crippen LogP contribution is -2.12. The second-order valence-corrected chi connectivity index (χ2v) is 5.37. The van der Waals surface area contributed by atoms with Crippen molar-refractivity contribution in [2.24, 2.45) is 0 Å². The zero-order chi connectivity index (χ0) is 13.0. The van der Waals surface area contributed by atoms with Crippen LogP contribution in [0.25, 0.3) is 0 Å². The van der Waals surface area contributed by atoms with Gasteiger partial charge in [-0.25, -0.2) is 0 Å². The lowest BCUT2D eigenvalue weighted by molar-refractivity contribution is 0.102. The number of hydrogen-bond donors (Lipinski definition) is 1. The lowest BCUT2D eigenvalue weighted by Gasteiger charge is -2.06. The van der Waals surface area contributed by atoms with Crippen LogP contribution in [0.2, 0.25) is 0 Å². The molecule has 3 nitrogen and oxygen atoms in total. The standard InChI is InChI=1S/C13H11BrN2OS/c1-18-12-4-2-3-11(6-12)16-13(17)9-5-10(14)8-15-7-9/h2-8H,1H3,(H,16,17). The Hall–Kier alpha value is -1.33. The summed E-state index contributed by atoms with van der Waals surface area (Å²) in [6.07, 6.45) is 5.18. The SMILES string of the molecule is CSc1cccc(NC(=O)c2cncc(Br)c2)c1. The van der Waals surface area contributed by atoms with Gasteiger partial charge in [0.05, 0.1) is 5.56 Å². The fourth-order valence-electron chi connectivity index (χ4n) is 1.44. The monoisotopic (exact) mass is 322 g/mol. The van der Waals surface area contributed by atoms with E-state index in [0.717, 1.165) is 15.1 Å². The zero-order valence-electron chi connectivity index (χ0n) is 9.68. The highest BCUT2D eigenvalue weighted by Crippen LogP contribution is 2.19. The third kappa shape index (κ3) is 3.34. The van der Waals surface area contributed by atoms with Gasteiger partial charge in [-0.3, -0.25) is 9.78 Å². The van der Waals surface area contributed by atoms with Crippen LogP contribution in [0.15, 0.2) is 52.1 Å². The Morgan fingerprint density at radius 1 is 1.33 bits per heavy atom. The predicted octanol–water partition coefficient (Wildman–Crippen LogP) is 3.82. The number of aromatic nitrogens is 1. The summed E-state index contributed by atoms with van der Waals surface area (Å²) >= 11 is 4.93. The molecule has 0 aliphatic heterocycles. The van der Waals surface area contributed by atoms with Gasteiger partial charge in [0, 0.05) is 27.4 Å². The maximum Gasteiger partial charge on any atom is 0.257 e. The summed E-state index contributed by atoms with van der Waals surface area (Å²) in [7, 11) is 0. The Labute approximate surface area is 118 Å². The molecule has 1 aromatic heterocycles. The molecule has 18 heavy (non-hydrogen) atoms. The number of anilines is 1. The molecule has 0 saturated heterocycles. The highest BCUT2D eigenvalue weighted by atomic mass is 79.9.